The maximum atomic E-state index is 9.12. The van der Waals surface area contributed by atoms with E-state index >= 15 is 0 Å². The van der Waals surface area contributed by atoms with E-state index in [0.29, 0.717) is 0 Å². The van der Waals surface area contributed by atoms with E-state index in [1.807, 2.05) is 0 Å². The molecule has 0 radical (unpaired) electrons. The zero-order valence-corrected chi connectivity index (χ0v) is 6.97. The molecule has 0 unspecified atom stereocenters. The number of aliphatic hydroxyl groups excluding tert-OH is 1. The van der Waals surface area contributed by atoms with Gasteiger partial charge in [-0.2, -0.15) is 12.6 Å². The lowest BCUT2D eigenvalue weighted by molar-refractivity contribution is -0.140. The van der Waals surface area contributed by atoms with Gasteiger partial charge in [0.15, 0.2) is 0 Å². The first-order valence-electron chi connectivity index (χ1n) is 3.12. The molecule has 0 bridgehead atoms. The Balaban J connectivity index is 0. The molecule has 0 aromatic carbocycles. The van der Waals surface area contributed by atoms with Crippen LogP contribution in [0.25, 0.3) is 0 Å². The zero-order valence-electron chi connectivity index (χ0n) is 6.08. The zero-order chi connectivity index (χ0) is 8.41. The monoisotopic (exact) mass is 166 g/mol. The number of hydrogen-bond donors (Lipinski definition) is 3. The van der Waals surface area contributed by atoms with Gasteiger partial charge in [0.1, 0.15) is 6.61 Å². The smallest absolute Gasteiger partial charge is 0.329 e. The number of hydrogen-bond acceptors (Lipinski definition) is 3. The van der Waals surface area contributed by atoms with Crippen LogP contribution in [0.2, 0.25) is 0 Å². The van der Waals surface area contributed by atoms with Crippen LogP contribution in [-0.4, -0.2) is 28.5 Å². The maximum absolute atomic E-state index is 9.12. The lowest BCUT2D eigenvalue weighted by Crippen LogP contribution is -1.98. The van der Waals surface area contributed by atoms with Crippen LogP contribution in [0.1, 0.15) is 19.8 Å². The third kappa shape index (κ3) is 25.0. The van der Waals surface area contributed by atoms with E-state index in [4.69, 9.17) is 15.0 Å². The van der Waals surface area contributed by atoms with Gasteiger partial charge < -0.3 is 10.2 Å². The molecule has 3 nitrogen and oxygen atoms in total. The molecule has 0 aliphatic rings. The van der Waals surface area contributed by atoms with Crippen molar-refractivity contribution in [1.29, 1.82) is 0 Å². The summed E-state index contributed by atoms with van der Waals surface area (Å²) >= 11 is 4.00. The van der Waals surface area contributed by atoms with Gasteiger partial charge in [0.2, 0.25) is 0 Å². The topological polar surface area (TPSA) is 57.5 Å². The summed E-state index contributed by atoms with van der Waals surface area (Å²) in [5.74, 6) is -0.152. The Hall–Kier alpha value is -0.220. The van der Waals surface area contributed by atoms with Gasteiger partial charge in [-0.15, -0.1) is 0 Å². The normalized spacial score (nSPS) is 7.90. The molecule has 0 heterocycles. The molecule has 0 atom stereocenters. The van der Waals surface area contributed by atoms with Gasteiger partial charge in [-0.05, 0) is 12.2 Å². The fourth-order valence-corrected chi connectivity index (χ4v) is 0.474. The average Bonchev–Trinajstić information content (AvgIpc) is 1.91. The summed E-state index contributed by atoms with van der Waals surface area (Å²) in [6, 6.07) is 0. The molecule has 4 heteroatoms. The minimum Gasteiger partial charge on any atom is -0.480 e. The van der Waals surface area contributed by atoms with E-state index in [2.05, 4.69) is 19.6 Å². The second kappa shape index (κ2) is 11.6. The molecule has 2 N–H and O–H groups in total. The Labute approximate surface area is 66.5 Å². The van der Waals surface area contributed by atoms with Crippen LogP contribution in [0.4, 0.5) is 0 Å². The Morgan fingerprint density at radius 2 is 2.00 bits per heavy atom. The van der Waals surface area contributed by atoms with Crippen molar-refractivity contribution in [2.45, 2.75) is 19.8 Å². The van der Waals surface area contributed by atoms with E-state index < -0.39 is 12.6 Å². The minimum atomic E-state index is -1.19. The minimum absolute atomic E-state index is 0.778. The highest BCUT2D eigenvalue weighted by atomic mass is 32.1. The van der Waals surface area contributed by atoms with Crippen LogP contribution < -0.4 is 0 Å². The van der Waals surface area contributed by atoms with Crippen LogP contribution >= 0.6 is 12.6 Å². The van der Waals surface area contributed by atoms with Gasteiger partial charge in [-0.3, -0.25) is 0 Å². The summed E-state index contributed by atoms with van der Waals surface area (Å²) in [5, 5.41) is 15.0. The van der Waals surface area contributed by atoms with E-state index in [0.717, 1.165) is 5.75 Å². The van der Waals surface area contributed by atoms with Gasteiger partial charge in [0.25, 0.3) is 0 Å². The highest BCUT2D eigenvalue weighted by molar-refractivity contribution is 7.80. The molecule has 62 valence electrons. The molecule has 0 saturated heterocycles. The molecular weight excluding hydrogens is 152 g/mol. The van der Waals surface area contributed by atoms with E-state index in [1.54, 1.807) is 0 Å². The number of carboxylic acid groups (broad SMARTS) is 1. The van der Waals surface area contributed by atoms with Crippen LogP contribution in [0, 0.1) is 0 Å². The van der Waals surface area contributed by atoms with Crippen molar-refractivity contribution < 1.29 is 15.0 Å². The molecule has 0 saturated carbocycles. The Bertz CT molecular complexity index is 73.4. The third-order valence-electron chi connectivity index (χ3n) is 0.647. The molecule has 0 fully saturated rings. The number of rotatable bonds is 3. The van der Waals surface area contributed by atoms with Crippen molar-refractivity contribution in [3.05, 3.63) is 0 Å². The first-order valence-corrected chi connectivity index (χ1v) is 3.75. The van der Waals surface area contributed by atoms with Crippen molar-refractivity contribution in [1.82, 2.24) is 0 Å². The van der Waals surface area contributed by atoms with Crippen molar-refractivity contribution >= 4 is 18.6 Å². The summed E-state index contributed by atoms with van der Waals surface area (Å²) in [5.41, 5.74) is 0. The number of carbonyl (C=O) groups is 1. The number of aliphatic carboxylic acids is 1. The molecule has 0 aliphatic heterocycles. The summed E-state index contributed by atoms with van der Waals surface area (Å²) in [4.78, 5) is 9.12. The number of carboxylic acids is 1. The Morgan fingerprint density at radius 3 is 2.00 bits per heavy atom. The molecule has 0 aliphatic carbocycles. The van der Waals surface area contributed by atoms with Crippen molar-refractivity contribution in [2.24, 2.45) is 0 Å². The van der Waals surface area contributed by atoms with Gasteiger partial charge in [-0.1, -0.05) is 13.3 Å². The third-order valence-corrected chi connectivity index (χ3v) is 0.963. The second-order valence-corrected chi connectivity index (χ2v) is 2.08. The average molecular weight is 166 g/mol. The highest BCUT2D eigenvalue weighted by Gasteiger charge is 1.82. The Morgan fingerprint density at radius 1 is 1.60 bits per heavy atom. The van der Waals surface area contributed by atoms with Crippen molar-refractivity contribution in [3.63, 3.8) is 0 Å². The SMILES string of the molecule is CCCCS.O=C(O)CO. The molecule has 0 amide bonds. The summed E-state index contributed by atoms with van der Waals surface area (Å²) in [7, 11) is 0. The largest absolute Gasteiger partial charge is 0.480 e. The first-order chi connectivity index (χ1) is 4.68. The summed E-state index contributed by atoms with van der Waals surface area (Å²) < 4.78 is 0. The van der Waals surface area contributed by atoms with E-state index in [1.165, 1.54) is 12.8 Å². The number of unbranched alkanes of at least 4 members (excludes halogenated alkanes) is 1. The summed E-state index contributed by atoms with van der Waals surface area (Å²) in [6.07, 6.45) is 2.52. The predicted octanol–water partition coefficient (Wildman–Crippen LogP) is 0.780. The van der Waals surface area contributed by atoms with E-state index in [9.17, 15) is 0 Å². The number of thiol groups is 1. The molecule has 10 heavy (non-hydrogen) atoms. The van der Waals surface area contributed by atoms with Crippen molar-refractivity contribution in [2.75, 3.05) is 12.4 Å². The fourth-order valence-electron chi connectivity index (χ4n) is 0.158. The maximum Gasteiger partial charge on any atom is 0.329 e. The van der Waals surface area contributed by atoms with Crippen LogP contribution in [0.3, 0.4) is 0 Å². The van der Waals surface area contributed by atoms with Crippen molar-refractivity contribution in [3.8, 4) is 0 Å². The Kier molecular flexibility index (Phi) is 14.4. The highest BCUT2D eigenvalue weighted by Crippen LogP contribution is 1.85. The van der Waals surface area contributed by atoms with Gasteiger partial charge in [0.05, 0.1) is 0 Å². The van der Waals surface area contributed by atoms with Crippen LogP contribution in [-0.2, 0) is 4.79 Å². The lowest BCUT2D eigenvalue weighted by Gasteiger charge is -1.78. The van der Waals surface area contributed by atoms with Gasteiger partial charge in [0, 0.05) is 0 Å². The van der Waals surface area contributed by atoms with Crippen LogP contribution in [0.5, 0.6) is 0 Å². The molecule has 0 rings (SSSR count). The molecule has 0 aromatic rings. The first kappa shape index (κ1) is 12.5. The van der Waals surface area contributed by atoms with Gasteiger partial charge >= 0.3 is 5.97 Å². The molecule has 0 aromatic heterocycles. The van der Waals surface area contributed by atoms with Gasteiger partial charge in [-0.25, -0.2) is 4.79 Å². The van der Waals surface area contributed by atoms with E-state index in [-0.39, 0.29) is 0 Å². The lowest BCUT2D eigenvalue weighted by atomic mass is 10.4. The standard InChI is InChI=1S/C4H10S.C2H4O3/c1-2-3-4-5;3-1-2(4)5/h5H,2-4H2,1H3;3H,1H2,(H,4,5). The molecule has 0 spiro atoms. The number of aliphatic hydroxyl groups is 1. The predicted molar refractivity (Wildman–Crippen MR) is 43.5 cm³/mol. The fraction of sp³-hybridized carbons (Fsp3) is 0.833. The van der Waals surface area contributed by atoms with Crippen LogP contribution in [0.15, 0.2) is 0 Å². The summed E-state index contributed by atoms with van der Waals surface area (Å²) in [6.45, 7) is 1.39. The quantitative estimate of drug-likeness (QED) is 0.543. The second-order valence-electron chi connectivity index (χ2n) is 1.63. The molecular formula is C6H14O3S.